The molecule has 1 aliphatic rings. The van der Waals surface area contributed by atoms with Crippen molar-refractivity contribution in [3.8, 4) is 11.3 Å². The number of carbonyl (C=O) groups excluding carboxylic acids is 1. The van der Waals surface area contributed by atoms with Gasteiger partial charge in [0.1, 0.15) is 12.3 Å². The Hall–Kier alpha value is -1.58. The normalized spacial score (nSPS) is 16.0. The molecule has 0 aliphatic carbocycles. The smallest absolute Gasteiger partial charge is 0.251 e. The molecule has 0 radical (unpaired) electrons. The van der Waals surface area contributed by atoms with Gasteiger partial charge in [0.05, 0.1) is 13.1 Å². The van der Waals surface area contributed by atoms with Crippen molar-refractivity contribution >= 4 is 17.4 Å². The number of nitrogens with one attached hydrogen (secondary N) is 1. The molecule has 1 aromatic heterocycles. The minimum atomic E-state index is 0.0899. The highest BCUT2D eigenvalue weighted by Crippen LogP contribution is 2.23. The maximum Gasteiger partial charge on any atom is 0.251 e. The van der Waals surface area contributed by atoms with Crippen LogP contribution in [0.1, 0.15) is 29.8 Å². The van der Waals surface area contributed by atoms with E-state index in [1.54, 1.807) is 6.07 Å². The number of Topliss-reactive ketones (excluding diaryl/α,β-unsaturated/α-hetero) is 1. The highest BCUT2D eigenvalue weighted by Gasteiger charge is 2.20. The third-order valence-corrected chi connectivity index (χ3v) is 4.23. The first-order chi connectivity index (χ1) is 10.2. The SMILES string of the molecule is O=C(C[NH+]1CCCCC1)c1ccc(-c2ccc(Cl)cc2)o1. The lowest BCUT2D eigenvalue weighted by Gasteiger charge is -2.22. The van der Waals surface area contributed by atoms with E-state index in [0.717, 1.165) is 18.7 Å². The number of carbonyl (C=O) groups is 1. The molecule has 0 unspecified atom stereocenters. The molecule has 0 bridgehead atoms. The fourth-order valence-corrected chi connectivity index (χ4v) is 2.93. The van der Waals surface area contributed by atoms with Crippen LogP contribution in [0.5, 0.6) is 0 Å². The average Bonchev–Trinajstić information content (AvgIpc) is 2.99. The molecule has 1 aliphatic heterocycles. The van der Waals surface area contributed by atoms with Gasteiger partial charge in [-0.15, -0.1) is 0 Å². The van der Waals surface area contributed by atoms with Crippen LogP contribution >= 0.6 is 11.6 Å². The molecular formula is C17H19ClNO2+. The van der Waals surface area contributed by atoms with E-state index in [-0.39, 0.29) is 5.78 Å². The fraction of sp³-hybridized carbons (Fsp3) is 0.353. The standard InChI is InChI=1S/C17H18ClNO2/c18-14-6-4-13(5-7-14)16-8-9-17(21-16)15(20)12-19-10-2-1-3-11-19/h4-9H,1-3,10-12H2/p+1. The van der Waals surface area contributed by atoms with E-state index in [9.17, 15) is 4.79 Å². The summed E-state index contributed by atoms with van der Waals surface area (Å²) >= 11 is 5.88. The minimum Gasteiger partial charge on any atom is -0.453 e. The largest absolute Gasteiger partial charge is 0.453 e. The predicted molar refractivity (Wildman–Crippen MR) is 82.9 cm³/mol. The second-order valence-electron chi connectivity index (χ2n) is 5.58. The van der Waals surface area contributed by atoms with E-state index in [0.29, 0.717) is 23.1 Å². The maximum atomic E-state index is 12.3. The van der Waals surface area contributed by atoms with E-state index < -0.39 is 0 Å². The van der Waals surface area contributed by atoms with Crippen LogP contribution in [0.15, 0.2) is 40.8 Å². The first kappa shape index (κ1) is 14.4. The zero-order valence-electron chi connectivity index (χ0n) is 11.9. The number of halogens is 1. The zero-order valence-corrected chi connectivity index (χ0v) is 12.7. The van der Waals surface area contributed by atoms with E-state index in [1.807, 2.05) is 30.3 Å². The van der Waals surface area contributed by atoms with Crippen LogP contribution in [0, 0.1) is 0 Å². The maximum absolute atomic E-state index is 12.3. The van der Waals surface area contributed by atoms with Crippen LogP contribution in [0.2, 0.25) is 5.02 Å². The Balaban J connectivity index is 1.69. The number of quaternary nitrogens is 1. The van der Waals surface area contributed by atoms with Gasteiger partial charge in [0.15, 0.2) is 5.76 Å². The molecule has 1 fully saturated rings. The van der Waals surface area contributed by atoms with E-state index >= 15 is 0 Å². The fourth-order valence-electron chi connectivity index (χ4n) is 2.80. The van der Waals surface area contributed by atoms with Gasteiger partial charge in [-0.3, -0.25) is 4.79 Å². The van der Waals surface area contributed by atoms with Crippen molar-refractivity contribution in [1.29, 1.82) is 0 Å². The summed E-state index contributed by atoms with van der Waals surface area (Å²) in [4.78, 5) is 13.6. The molecule has 0 spiro atoms. The van der Waals surface area contributed by atoms with Crippen LogP contribution in [-0.4, -0.2) is 25.4 Å². The predicted octanol–water partition coefficient (Wildman–Crippen LogP) is 2.85. The van der Waals surface area contributed by atoms with Crippen molar-refractivity contribution in [1.82, 2.24) is 0 Å². The van der Waals surface area contributed by atoms with E-state index in [1.165, 1.54) is 24.2 Å². The topological polar surface area (TPSA) is 34.7 Å². The second-order valence-corrected chi connectivity index (χ2v) is 6.02. The van der Waals surface area contributed by atoms with Crippen molar-refractivity contribution in [3.05, 3.63) is 47.2 Å². The third kappa shape index (κ3) is 3.55. The van der Waals surface area contributed by atoms with E-state index in [2.05, 4.69) is 0 Å². The minimum absolute atomic E-state index is 0.0899. The number of furan rings is 1. The van der Waals surface area contributed by atoms with Gasteiger partial charge in [0.2, 0.25) is 0 Å². The highest BCUT2D eigenvalue weighted by atomic mass is 35.5. The molecule has 2 heterocycles. The molecule has 4 heteroatoms. The average molecular weight is 305 g/mol. The monoisotopic (exact) mass is 304 g/mol. The van der Waals surface area contributed by atoms with Crippen molar-refractivity contribution in [3.63, 3.8) is 0 Å². The Labute approximate surface area is 129 Å². The first-order valence-corrected chi connectivity index (χ1v) is 7.83. The molecule has 0 amide bonds. The van der Waals surface area contributed by atoms with Crippen molar-refractivity contribution in [2.45, 2.75) is 19.3 Å². The Morgan fingerprint density at radius 3 is 2.48 bits per heavy atom. The molecule has 21 heavy (non-hydrogen) atoms. The van der Waals surface area contributed by atoms with Gasteiger partial charge in [0.25, 0.3) is 5.78 Å². The summed E-state index contributed by atoms with van der Waals surface area (Å²) < 4.78 is 5.71. The van der Waals surface area contributed by atoms with Crippen molar-refractivity contribution in [2.24, 2.45) is 0 Å². The lowest BCUT2D eigenvalue weighted by Crippen LogP contribution is -3.13. The molecular weight excluding hydrogens is 286 g/mol. The second kappa shape index (κ2) is 6.46. The van der Waals surface area contributed by atoms with Crippen LogP contribution < -0.4 is 4.90 Å². The molecule has 0 saturated carbocycles. The molecule has 3 nitrogen and oxygen atoms in total. The van der Waals surface area contributed by atoms with Gasteiger partial charge in [0, 0.05) is 10.6 Å². The summed E-state index contributed by atoms with van der Waals surface area (Å²) in [5.41, 5.74) is 0.934. The molecule has 110 valence electrons. The first-order valence-electron chi connectivity index (χ1n) is 7.45. The van der Waals surface area contributed by atoms with Crippen LogP contribution in [0.4, 0.5) is 0 Å². The van der Waals surface area contributed by atoms with Crippen LogP contribution in [-0.2, 0) is 0 Å². The van der Waals surface area contributed by atoms with Gasteiger partial charge in [-0.1, -0.05) is 11.6 Å². The third-order valence-electron chi connectivity index (χ3n) is 3.98. The van der Waals surface area contributed by atoms with Gasteiger partial charge in [-0.2, -0.15) is 0 Å². The zero-order chi connectivity index (χ0) is 14.7. The number of rotatable bonds is 4. The summed E-state index contributed by atoms with van der Waals surface area (Å²) in [5.74, 6) is 1.26. The van der Waals surface area contributed by atoms with Gasteiger partial charge in [-0.05, 0) is 55.7 Å². The van der Waals surface area contributed by atoms with Crippen LogP contribution in [0.3, 0.4) is 0 Å². The van der Waals surface area contributed by atoms with Gasteiger partial charge in [-0.25, -0.2) is 0 Å². The molecule has 2 aromatic rings. The Bertz CT molecular complexity index is 612. The molecule has 0 atom stereocenters. The number of hydrogen-bond donors (Lipinski definition) is 1. The quantitative estimate of drug-likeness (QED) is 0.882. The summed E-state index contributed by atoms with van der Waals surface area (Å²) in [7, 11) is 0. The number of hydrogen-bond acceptors (Lipinski definition) is 2. The van der Waals surface area contributed by atoms with Crippen LogP contribution in [0.25, 0.3) is 11.3 Å². The Kier molecular flexibility index (Phi) is 4.42. The number of likely N-dealkylation sites (tertiary alicyclic amines) is 1. The van der Waals surface area contributed by atoms with Crippen molar-refractivity contribution in [2.75, 3.05) is 19.6 Å². The van der Waals surface area contributed by atoms with Crippen molar-refractivity contribution < 1.29 is 14.1 Å². The summed E-state index contributed by atoms with van der Waals surface area (Å²) in [6.45, 7) is 2.72. The number of piperidine rings is 1. The Morgan fingerprint density at radius 1 is 1.05 bits per heavy atom. The molecule has 1 aromatic carbocycles. The van der Waals surface area contributed by atoms with Gasteiger partial charge < -0.3 is 9.32 Å². The lowest BCUT2D eigenvalue weighted by atomic mass is 10.1. The molecule has 1 saturated heterocycles. The summed E-state index contributed by atoms with van der Waals surface area (Å²) in [6.07, 6.45) is 3.73. The highest BCUT2D eigenvalue weighted by molar-refractivity contribution is 6.30. The lowest BCUT2D eigenvalue weighted by molar-refractivity contribution is -0.896. The number of ketones is 1. The molecule has 3 rings (SSSR count). The van der Waals surface area contributed by atoms with E-state index in [4.69, 9.17) is 16.0 Å². The Morgan fingerprint density at radius 2 is 1.76 bits per heavy atom. The summed E-state index contributed by atoms with van der Waals surface area (Å²) in [6, 6.07) is 11.0. The summed E-state index contributed by atoms with van der Waals surface area (Å²) in [5, 5.41) is 0.690. The molecule has 1 N–H and O–H groups in total. The number of benzene rings is 1. The van der Waals surface area contributed by atoms with Gasteiger partial charge >= 0.3 is 0 Å².